The summed E-state index contributed by atoms with van der Waals surface area (Å²) in [5.41, 5.74) is 3.84. The lowest BCUT2D eigenvalue weighted by atomic mass is 10.1. The van der Waals surface area contributed by atoms with E-state index in [-0.39, 0.29) is 13.2 Å². The fourth-order valence-electron chi connectivity index (χ4n) is 2.44. The van der Waals surface area contributed by atoms with Crippen molar-refractivity contribution >= 4 is 23.5 Å². The summed E-state index contributed by atoms with van der Waals surface area (Å²) in [5, 5.41) is 17.8. The monoisotopic (exact) mass is 384 g/mol. The first kappa shape index (κ1) is 18.9. The summed E-state index contributed by atoms with van der Waals surface area (Å²) in [5.74, 6) is 1.40. The van der Waals surface area contributed by atoms with Gasteiger partial charge < -0.3 is 10.2 Å². The molecule has 0 fully saturated rings. The predicted molar refractivity (Wildman–Crippen MR) is 109 cm³/mol. The van der Waals surface area contributed by atoms with E-state index >= 15 is 0 Å². The summed E-state index contributed by atoms with van der Waals surface area (Å²) < 4.78 is 0. The molecule has 0 saturated carbocycles. The zero-order valence-corrected chi connectivity index (χ0v) is 15.8. The first-order valence-corrected chi connectivity index (χ1v) is 10.3. The number of hydrogen-bond donors (Lipinski definition) is 2. The highest BCUT2D eigenvalue weighted by atomic mass is 32.2. The number of thioether (sulfide) groups is 2. The molecule has 0 bridgehead atoms. The van der Waals surface area contributed by atoms with E-state index in [1.54, 1.807) is 29.9 Å². The SMILES string of the molecule is OCCSc1ccc(-c2cc(-c3ccc(SCCO)cc3)ncn2)cc1. The molecule has 1 heterocycles. The Bertz CT molecular complexity index is 757. The maximum atomic E-state index is 8.91. The third-order valence-corrected chi connectivity index (χ3v) is 5.67. The number of benzene rings is 2. The molecule has 0 spiro atoms. The van der Waals surface area contributed by atoms with Crippen LogP contribution >= 0.6 is 23.5 Å². The lowest BCUT2D eigenvalue weighted by Gasteiger charge is -2.06. The van der Waals surface area contributed by atoms with Crippen molar-refractivity contribution in [3.8, 4) is 22.5 Å². The number of aromatic nitrogens is 2. The van der Waals surface area contributed by atoms with E-state index in [1.165, 1.54) is 0 Å². The maximum absolute atomic E-state index is 8.91. The summed E-state index contributed by atoms with van der Waals surface area (Å²) >= 11 is 3.26. The van der Waals surface area contributed by atoms with Crippen molar-refractivity contribution in [3.63, 3.8) is 0 Å². The number of aliphatic hydroxyl groups is 2. The van der Waals surface area contributed by atoms with Gasteiger partial charge in [0.15, 0.2) is 0 Å². The molecule has 0 aliphatic rings. The summed E-state index contributed by atoms with van der Waals surface area (Å²) in [6.07, 6.45) is 1.59. The molecule has 2 aromatic carbocycles. The largest absolute Gasteiger partial charge is 0.396 e. The number of nitrogens with zero attached hydrogens (tertiary/aromatic N) is 2. The van der Waals surface area contributed by atoms with Crippen LogP contribution in [0, 0.1) is 0 Å². The Kier molecular flexibility index (Phi) is 7.08. The molecule has 0 saturated heterocycles. The van der Waals surface area contributed by atoms with E-state index in [4.69, 9.17) is 10.2 Å². The van der Waals surface area contributed by atoms with Crippen LogP contribution in [0.15, 0.2) is 70.7 Å². The van der Waals surface area contributed by atoms with E-state index in [9.17, 15) is 0 Å². The fourth-order valence-corrected chi connectivity index (χ4v) is 3.75. The van der Waals surface area contributed by atoms with Gasteiger partial charge in [-0.1, -0.05) is 24.3 Å². The van der Waals surface area contributed by atoms with Gasteiger partial charge in [0.25, 0.3) is 0 Å². The Morgan fingerprint density at radius 3 is 1.46 bits per heavy atom. The minimum Gasteiger partial charge on any atom is -0.396 e. The van der Waals surface area contributed by atoms with Gasteiger partial charge in [-0.05, 0) is 30.3 Å². The van der Waals surface area contributed by atoms with Crippen LogP contribution in [0.25, 0.3) is 22.5 Å². The van der Waals surface area contributed by atoms with Crippen LogP contribution in [0.4, 0.5) is 0 Å². The summed E-state index contributed by atoms with van der Waals surface area (Å²) in [6, 6.07) is 18.3. The lowest BCUT2D eigenvalue weighted by molar-refractivity contribution is 0.322. The van der Waals surface area contributed by atoms with Gasteiger partial charge in [-0.2, -0.15) is 0 Å². The predicted octanol–water partition coefficient (Wildman–Crippen LogP) is 3.98. The van der Waals surface area contributed by atoms with Crippen molar-refractivity contribution in [1.82, 2.24) is 9.97 Å². The van der Waals surface area contributed by atoms with Crippen molar-refractivity contribution in [2.45, 2.75) is 9.79 Å². The Morgan fingerprint density at radius 2 is 1.08 bits per heavy atom. The number of aliphatic hydroxyl groups excluding tert-OH is 2. The van der Waals surface area contributed by atoms with Crippen molar-refractivity contribution in [1.29, 1.82) is 0 Å². The second-order valence-electron chi connectivity index (χ2n) is 5.48. The van der Waals surface area contributed by atoms with Gasteiger partial charge in [-0.3, -0.25) is 0 Å². The maximum Gasteiger partial charge on any atom is 0.116 e. The van der Waals surface area contributed by atoms with Crippen LogP contribution in [0.5, 0.6) is 0 Å². The van der Waals surface area contributed by atoms with E-state index in [1.807, 2.05) is 54.6 Å². The molecule has 6 heteroatoms. The minimum atomic E-state index is 0.180. The first-order chi connectivity index (χ1) is 12.8. The van der Waals surface area contributed by atoms with Crippen LogP contribution in [-0.2, 0) is 0 Å². The van der Waals surface area contributed by atoms with Crippen molar-refractivity contribution in [3.05, 3.63) is 60.9 Å². The molecule has 2 N–H and O–H groups in total. The van der Waals surface area contributed by atoms with Gasteiger partial charge in [0.05, 0.1) is 24.6 Å². The Balaban J connectivity index is 1.77. The molecule has 0 unspecified atom stereocenters. The Morgan fingerprint density at radius 1 is 0.654 bits per heavy atom. The molecular formula is C20H20N2O2S2. The highest BCUT2D eigenvalue weighted by Gasteiger charge is 2.05. The Hall–Kier alpha value is -1.86. The average molecular weight is 385 g/mol. The third-order valence-electron chi connectivity index (χ3n) is 3.69. The van der Waals surface area contributed by atoms with E-state index in [0.717, 1.165) is 32.3 Å². The quantitative estimate of drug-likeness (QED) is 0.573. The summed E-state index contributed by atoms with van der Waals surface area (Å²) in [7, 11) is 0. The molecule has 134 valence electrons. The fraction of sp³-hybridized carbons (Fsp3) is 0.200. The zero-order valence-electron chi connectivity index (χ0n) is 14.2. The molecule has 0 aliphatic carbocycles. The molecule has 3 rings (SSSR count). The van der Waals surface area contributed by atoms with Gasteiger partial charge in [-0.25, -0.2) is 9.97 Å². The number of rotatable bonds is 8. The normalized spacial score (nSPS) is 10.8. The first-order valence-electron chi connectivity index (χ1n) is 8.30. The smallest absolute Gasteiger partial charge is 0.116 e. The molecule has 1 aromatic heterocycles. The zero-order chi connectivity index (χ0) is 18.2. The topological polar surface area (TPSA) is 66.2 Å². The molecule has 0 amide bonds. The van der Waals surface area contributed by atoms with Gasteiger partial charge in [0.1, 0.15) is 6.33 Å². The van der Waals surface area contributed by atoms with Crippen molar-refractivity contribution in [2.24, 2.45) is 0 Å². The van der Waals surface area contributed by atoms with Crippen LogP contribution in [-0.4, -0.2) is 44.9 Å². The van der Waals surface area contributed by atoms with Crippen molar-refractivity contribution in [2.75, 3.05) is 24.7 Å². The standard InChI is InChI=1S/C20H20N2O2S2/c23-9-11-25-17-5-1-15(2-6-17)19-13-20(22-14-21-19)16-3-7-18(8-4-16)26-12-10-24/h1-8,13-14,23-24H,9-12H2. The molecular weight excluding hydrogens is 364 g/mol. The second-order valence-corrected chi connectivity index (χ2v) is 7.82. The van der Waals surface area contributed by atoms with Gasteiger partial charge in [0.2, 0.25) is 0 Å². The third kappa shape index (κ3) is 5.08. The molecule has 0 atom stereocenters. The van der Waals surface area contributed by atoms with Crippen LogP contribution in [0.1, 0.15) is 0 Å². The van der Waals surface area contributed by atoms with Gasteiger partial charge in [-0.15, -0.1) is 23.5 Å². The van der Waals surface area contributed by atoms with Crippen molar-refractivity contribution < 1.29 is 10.2 Å². The highest BCUT2D eigenvalue weighted by Crippen LogP contribution is 2.27. The average Bonchev–Trinajstić information content (AvgIpc) is 2.71. The van der Waals surface area contributed by atoms with E-state index < -0.39 is 0 Å². The second kappa shape index (κ2) is 9.73. The van der Waals surface area contributed by atoms with Crippen LogP contribution in [0.2, 0.25) is 0 Å². The lowest BCUT2D eigenvalue weighted by Crippen LogP contribution is -1.90. The van der Waals surface area contributed by atoms with E-state index in [2.05, 4.69) is 9.97 Å². The molecule has 4 nitrogen and oxygen atoms in total. The van der Waals surface area contributed by atoms with Gasteiger partial charge >= 0.3 is 0 Å². The van der Waals surface area contributed by atoms with Crippen LogP contribution in [0.3, 0.4) is 0 Å². The molecule has 0 radical (unpaired) electrons. The molecule has 26 heavy (non-hydrogen) atoms. The van der Waals surface area contributed by atoms with E-state index in [0.29, 0.717) is 11.5 Å². The Labute approximate surface area is 161 Å². The summed E-state index contributed by atoms with van der Waals surface area (Å²) in [6.45, 7) is 0.359. The molecule has 0 aliphatic heterocycles. The summed E-state index contributed by atoms with van der Waals surface area (Å²) in [4.78, 5) is 11.1. The number of hydrogen-bond acceptors (Lipinski definition) is 6. The molecule has 3 aromatic rings. The highest BCUT2D eigenvalue weighted by molar-refractivity contribution is 7.99. The van der Waals surface area contributed by atoms with Gasteiger partial charge in [0, 0.05) is 32.4 Å². The van der Waals surface area contributed by atoms with Crippen LogP contribution < -0.4 is 0 Å². The minimum absolute atomic E-state index is 0.180.